The molecule has 0 amide bonds. The molecule has 0 aliphatic carbocycles. The summed E-state index contributed by atoms with van der Waals surface area (Å²) in [7, 11) is 2.00. The maximum Gasteiger partial charge on any atom is 0.227 e. The van der Waals surface area contributed by atoms with Crippen molar-refractivity contribution in [2.45, 2.75) is 5.16 Å². The van der Waals surface area contributed by atoms with Crippen molar-refractivity contribution in [2.24, 2.45) is 7.05 Å². The Balaban J connectivity index is 1.48. The first kappa shape index (κ1) is 16.6. The van der Waals surface area contributed by atoms with Crippen LogP contribution in [0.4, 0.5) is 5.95 Å². The second-order valence-electron chi connectivity index (χ2n) is 5.09. The topological polar surface area (TPSA) is 52.4 Å². The number of thioether (sulfide) groups is 1. The number of halogens is 1. The molecule has 1 fully saturated rings. The van der Waals surface area contributed by atoms with Gasteiger partial charge in [-0.3, -0.25) is 4.57 Å². The molecule has 0 bridgehead atoms. The zero-order valence-electron chi connectivity index (χ0n) is 12.9. The van der Waals surface area contributed by atoms with Gasteiger partial charge in [0.2, 0.25) is 5.95 Å². The molecule has 2 aromatic rings. The molecule has 1 aromatic heterocycles. The summed E-state index contributed by atoms with van der Waals surface area (Å²) in [5, 5.41) is 9.49. The lowest BCUT2D eigenvalue weighted by Gasteiger charge is -2.27. The molecule has 3 rings (SSSR count). The van der Waals surface area contributed by atoms with Crippen LogP contribution in [0.3, 0.4) is 0 Å². The SMILES string of the molecule is Cn1c(SCCOc2ccc(Br)cc2)nnc1N1CCOCC1. The number of ether oxygens (including phenoxy) is 2. The molecule has 124 valence electrons. The maximum atomic E-state index is 5.72. The lowest BCUT2D eigenvalue weighted by Crippen LogP contribution is -2.37. The lowest BCUT2D eigenvalue weighted by molar-refractivity contribution is 0.121. The van der Waals surface area contributed by atoms with E-state index >= 15 is 0 Å². The van der Waals surface area contributed by atoms with Gasteiger partial charge in [0.05, 0.1) is 19.8 Å². The first-order valence-electron chi connectivity index (χ1n) is 7.47. The maximum absolute atomic E-state index is 5.72. The van der Waals surface area contributed by atoms with E-state index in [-0.39, 0.29) is 0 Å². The van der Waals surface area contributed by atoms with Gasteiger partial charge in [-0.05, 0) is 24.3 Å². The summed E-state index contributed by atoms with van der Waals surface area (Å²) >= 11 is 5.06. The monoisotopic (exact) mass is 398 g/mol. The fraction of sp³-hybridized carbons (Fsp3) is 0.467. The van der Waals surface area contributed by atoms with E-state index in [9.17, 15) is 0 Å². The Labute approximate surface area is 148 Å². The molecular weight excluding hydrogens is 380 g/mol. The number of morpholine rings is 1. The van der Waals surface area contributed by atoms with Crippen molar-refractivity contribution >= 4 is 33.6 Å². The number of hydrogen-bond acceptors (Lipinski definition) is 6. The molecule has 1 saturated heterocycles. The van der Waals surface area contributed by atoms with Crippen LogP contribution in [0, 0.1) is 0 Å². The Kier molecular flexibility index (Phi) is 5.80. The Morgan fingerprint density at radius 3 is 2.70 bits per heavy atom. The molecule has 1 aliphatic rings. The van der Waals surface area contributed by atoms with Gasteiger partial charge >= 0.3 is 0 Å². The van der Waals surface area contributed by atoms with Gasteiger partial charge in [0.1, 0.15) is 5.75 Å². The van der Waals surface area contributed by atoms with Crippen LogP contribution in [0.2, 0.25) is 0 Å². The number of anilines is 1. The molecule has 0 unspecified atom stereocenters. The van der Waals surface area contributed by atoms with Gasteiger partial charge in [0, 0.05) is 30.4 Å². The highest BCUT2D eigenvalue weighted by atomic mass is 79.9. The van der Waals surface area contributed by atoms with Gasteiger partial charge in [-0.15, -0.1) is 10.2 Å². The number of benzene rings is 1. The van der Waals surface area contributed by atoms with Crippen molar-refractivity contribution in [1.82, 2.24) is 14.8 Å². The van der Waals surface area contributed by atoms with Crippen LogP contribution < -0.4 is 9.64 Å². The largest absolute Gasteiger partial charge is 0.493 e. The minimum atomic E-state index is 0.631. The Morgan fingerprint density at radius 2 is 1.96 bits per heavy atom. The molecule has 0 atom stereocenters. The van der Waals surface area contributed by atoms with Crippen LogP contribution in [0.5, 0.6) is 5.75 Å². The molecule has 0 spiro atoms. The van der Waals surface area contributed by atoms with Crippen LogP contribution in [-0.2, 0) is 11.8 Å². The van der Waals surface area contributed by atoms with E-state index in [1.165, 1.54) is 0 Å². The van der Waals surface area contributed by atoms with Gasteiger partial charge < -0.3 is 14.4 Å². The first-order valence-corrected chi connectivity index (χ1v) is 9.25. The van der Waals surface area contributed by atoms with Crippen molar-refractivity contribution in [3.63, 3.8) is 0 Å². The van der Waals surface area contributed by atoms with Crippen LogP contribution in [0.1, 0.15) is 0 Å². The van der Waals surface area contributed by atoms with Gasteiger partial charge in [-0.25, -0.2) is 0 Å². The molecular formula is C15H19BrN4O2S. The molecule has 1 aromatic carbocycles. The van der Waals surface area contributed by atoms with E-state index in [1.54, 1.807) is 11.8 Å². The Bertz CT molecular complexity index is 629. The van der Waals surface area contributed by atoms with Crippen LogP contribution in [-0.4, -0.2) is 53.4 Å². The summed E-state index contributed by atoms with van der Waals surface area (Å²) in [6, 6.07) is 7.85. The third-order valence-corrected chi connectivity index (χ3v) is 5.02. The van der Waals surface area contributed by atoms with E-state index in [4.69, 9.17) is 9.47 Å². The Morgan fingerprint density at radius 1 is 1.22 bits per heavy atom. The van der Waals surface area contributed by atoms with E-state index < -0.39 is 0 Å². The van der Waals surface area contributed by atoms with Gasteiger partial charge in [-0.1, -0.05) is 27.7 Å². The second-order valence-corrected chi connectivity index (χ2v) is 7.07. The first-order chi connectivity index (χ1) is 11.2. The van der Waals surface area contributed by atoms with Crippen LogP contribution >= 0.6 is 27.7 Å². The van der Waals surface area contributed by atoms with Crippen LogP contribution in [0.15, 0.2) is 33.9 Å². The normalized spacial score (nSPS) is 15.0. The summed E-state index contributed by atoms with van der Waals surface area (Å²) in [6.07, 6.45) is 0. The number of rotatable bonds is 6. The quantitative estimate of drug-likeness (QED) is 0.550. The van der Waals surface area contributed by atoms with E-state index in [2.05, 4.69) is 31.0 Å². The molecule has 23 heavy (non-hydrogen) atoms. The second kappa shape index (κ2) is 8.03. The molecule has 1 aliphatic heterocycles. The standard InChI is InChI=1S/C15H19BrN4O2S/c1-19-14(20-6-8-21-9-7-20)17-18-15(19)23-11-10-22-13-4-2-12(16)3-5-13/h2-5H,6-11H2,1H3. The van der Waals surface area contributed by atoms with Gasteiger partial charge in [-0.2, -0.15) is 0 Å². The predicted molar refractivity (Wildman–Crippen MR) is 94.4 cm³/mol. The highest BCUT2D eigenvalue weighted by molar-refractivity contribution is 9.10. The van der Waals surface area contributed by atoms with Crippen molar-refractivity contribution in [2.75, 3.05) is 43.6 Å². The van der Waals surface area contributed by atoms with Gasteiger partial charge in [0.25, 0.3) is 0 Å². The summed E-state index contributed by atoms with van der Waals surface area (Å²) < 4.78 is 14.2. The average molecular weight is 399 g/mol. The van der Waals surface area contributed by atoms with Crippen LogP contribution in [0.25, 0.3) is 0 Å². The third-order valence-electron chi connectivity index (χ3n) is 3.50. The molecule has 6 nitrogen and oxygen atoms in total. The summed E-state index contributed by atoms with van der Waals surface area (Å²) in [4.78, 5) is 2.21. The molecule has 0 radical (unpaired) electrons. The van der Waals surface area contributed by atoms with E-state index in [0.717, 1.165) is 53.4 Å². The predicted octanol–water partition coefficient (Wildman–Crippen LogP) is 2.59. The van der Waals surface area contributed by atoms with Crippen molar-refractivity contribution in [3.8, 4) is 5.75 Å². The fourth-order valence-electron chi connectivity index (χ4n) is 2.29. The lowest BCUT2D eigenvalue weighted by atomic mass is 10.3. The molecule has 0 saturated carbocycles. The number of aromatic nitrogens is 3. The van der Waals surface area contributed by atoms with Crippen molar-refractivity contribution in [1.29, 1.82) is 0 Å². The highest BCUT2D eigenvalue weighted by Gasteiger charge is 2.18. The molecule has 2 heterocycles. The van der Waals surface area contributed by atoms with E-state index in [1.807, 2.05) is 35.9 Å². The van der Waals surface area contributed by atoms with E-state index in [0.29, 0.717) is 6.61 Å². The highest BCUT2D eigenvalue weighted by Crippen LogP contribution is 2.21. The minimum absolute atomic E-state index is 0.631. The zero-order valence-corrected chi connectivity index (χ0v) is 15.3. The van der Waals surface area contributed by atoms with Crippen molar-refractivity contribution in [3.05, 3.63) is 28.7 Å². The fourth-order valence-corrected chi connectivity index (χ4v) is 3.28. The van der Waals surface area contributed by atoms with Crippen molar-refractivity contribution < 1.29 is 9.47 Å². The third kappa shape index (κ3) is 4.39. The number of nitrogens with zero attached hydrogens (tertiary/aromatic N) is 4. The minimum Gasteiger partial charge on any atom is -0.493 e. The van der Waals surface area contributed by atoms with Gasteiger partial charge in [0.15, 0.2) is 5.16 Å². The molecule has 8 heteroatoms. The summed E-state index contributed by atoms with van der Waals surface area (Å²) in [5.74, 6) is 2.61. The Hall–Kier alpha value is -1.25. The average Bonchev–Trinajstić information content (AvgIpc) is 2.95. The number of hydrogen-bond donors (Lipinski definition) is 0. The molecule has 0 N–H and O–H groups in total. The zero-order chi connectivity index (χ0) is 16.1. The summed E-state index contributed by atoms with van der Waals surface area (Å²) in [5.41, 5.74) is 0. The smallest absolute Gasteiger partial charge is 0.227 e. The summed E-state index contributed by atoms with van der Waals surface area (Å²) in [6.45, 7) is 3.85.